The van der Waals surface area contributed by atoms with E-state index in [0.717, 1.165) is 12.8 Å². The van der Waals surface area contributed by atoms with E-state index in [1.165, 1.54) is 5.57 Å². The van der Waals surface area contributed by atoms with Crippen molar-refractivity contribution in [1.82, 2.24) is 0 Å². The Morgan fingerprint density at radius 3 is 3.10 bits per heavy atom. The second kappa shape index (κ2) is 2.36. The number of hydrogen-bond donors (Lipinski definition) is 0. The van der Waals surface area contributed by atoms with Crippen LogP contribution in [0.3, 0.4) is 0 Å². The van der Waals surface area contributed by atoms with Gasteiger partial charge in [0, 0.05) is 0 Å². The van der Waals surface area contributed by atoms with Crippen molar-refractivity contribution in [2.75, 3.05) is 6.79 Å². The highest BCUT2D eigenvalue weighted by Gasteiger charge is 2.30. The van der Waals surface area contributed by atoms with E-state index in [1.54, 1.807) is 0 Å². The standard InChI is InChI=1S/C8H12O2/c1-6-2-3-7-8(4-6)10-5-9-7/h2,7-8H,3-5H2,1H3/t7-,8?/m1/s1. The summed E-state index contributed by atoms with van der Waals surface area (Å²) in [6.45, 7) is 2.65. The summed E-state index contributed by atoms with van der Waals surface area (Å²) in [5, 5.41) is 0. The van der Waals surface area contributed by atoms with Gasteiger partial charge in [0.25, 0.3) is 0 Å². The quantitative estimate of drug-likeness (QED) is 0.474. The predicted molar refractivity (Wildman–Crippen MR) is 37.6 cm³/mol. The van der Waals surface area contributed by atoms with Crippen LogP contribution in [0, 0.1) is 0 Å². The highest BCUT2D eigenvalue weighted by atomic mass is 16.7. The highest BCUT2D eigenvalue weighted by Crippen LogP contribution is 2.27. The Morgan fingerprint density at radius 1 is 1.40 bits per heavy atom. The van der Waals surface area contributed by atoms with E-state index in [2.05, 4.69) is 13.0 Å². The lowest BCUT2D eigenvalue weighted by molar-refractivity contribution is 0.0401. The normalized spacial score (nSPS) is 39.1. The van der Waals surface area contributed by atoms with Crippen LogP contribution in [0.5, 0.6) is 0 Å². The molecule has 1 aliphatic carbocycles. The lowest BCUT2D eigenvalue weighted by atomic mass is 9.96. The van der Waals surface area contributed by atoms with Crippen LogP contribution in [-0.4, -0.2) is 19.0 Å². The molecule has 0 aromatic rings. The van der Waals surface area contributed by atoms with E-state index in [-0.39, 0.29) is 0 Å². The maximum Gasteiger partial charge on any atom is 0.147 e. The minimum absolute atomic E-state index is 0.351. The van der Waals surface area contributed by atoms with Crippen LogP contribution in [0.15, 0.2) is 11.6 Å². The molecule has 2 nitrogen and oxygen atoms in total. The van der Waals surface area contributed by atoms with Gasteiger partial charge in [0.1, 0.15) is 6.79 Å². The fraction of sp³-hybridized carbons (Fsp3) is 0.750. The maximum atomic E-state index is 5.36. The second-order valence-electron chi connectivity index (χ2n) is 3.02. The van der Waals surface area contributed by atoms with Crippen LogP contribution >= 0.6 is 0 Å². The lowest BCUT2D eigenvalue weighted by Gasteiger charge is -2.20. The van der Waals surface area contributed by atoms with Crippen LogP contribution in [0.2, 0.25) is 0 Å². The summed E-state index contributed by atoms with van der Waals surface area (Å²) in [6.07, 6.45) is 5.05. The number of ether oxygens (including phenoxy) is 2. The lowest BCUT2D eigenvalue weighted by Crippen LogP contribution is -2.25. The Hall–Kier alpha value is -0.340. The molecule has 0 bridgehead atoms. The number of rotatable bonds is 0. The topological polar surface area (TPSA) is 18.5 Å². The molecule has 0 N–H and O–H groups in total. The molecule has 1 heterocycles. The summed E-state index contributed by atoms with van der Waals surface area (Å²) in [7, 11) is 0. The van der Waals surface area contributed by atoms with Gasteiger partial charge in [-0.05, 0) is 19.8 Å². The van der Waals surface area contributed by atoms with E-state index in [1.807, 2.05) is 0 Å². The first kappa shape index (κ1) is 6.38. The molecule has 0 amide bonds. The van der Waals surface area contributed by atoms with Gasteiger partial charge in [0.05, 0.1) is 12.2 Å². The molecule has 1 unspecified atom stereocenters. The van der Waals surface area contributed by atoms with Crippen molar-refractivity contribution >= 4 is 0 Å². The SMILES string of the molecule is CC1=CC[C@H]2OCOC2C1. The van der Waals surface area contributed by atoms with Gasteiger partial charge in [-0.3, -0.25) is 0 Å². The van der Waals surface area contributed by atoms with Crippen molar-refractivity contribution in [3.8, 4) is 0 Å². The zero-order chi connectivity index (χ0) is 6.97. The molecule has 2 heteroatoms. The molecular formula is C8H12O2. The molecule has 0 radical (unpaired) electrons. The second-order valence-corrected chi connectivity index (χ2v) is 3.02. The molecule has 2 rings (SSSR count). The van der Waals surface area contributed by atoms with E-state index < -0.39 is 0 Å². The average Bonchev–Trinajstić information content (AvgIpc) is 2.33. The minimum Gasteiger partial charge on any atom is -0.349 e. The zero-order valence-electron chi connectivity index (χ0n) is 6.17. The first-order valence-corrected chi connectivity index (χ1v) is 3.75. The molecule has 2 aliphatic rings. The van der Waals surface area contributed by atoms with E-state index in [9.17, 15) is 0 Å². The number of hydrogen-bond acceptors (Lipinski definition) is 2. The molecule has 2 atom stereocenters. The van der Waals surface area contributed by atoms with Crippen molar-refractivity contribution in [2.24, 2.45) is 0 Å². The third-order valence-corrected chi connectivity index (χ3v) is 2.20. The van der Waals surface area contributed by atoms with Gasteiger partial charge in [0.15, 0.2) is 0 Å². The zero-order valence-corrected chi connectivity index (χ0v) is 6.17. The fourth-order valence-corrected chi connectivity index (χ4v) is 1.56. The molecule has 0 aromatic heterocycles. The Morgan fingerprint density at radius 2 is 2.20 bits per heavy atom. The van der Waals surface area contributed by atoms with Crippen LogP contribution in [0.1, 0.15) is 19.8 Å². The molecule has 1 saturated heterocycles. The summed E-state index contributed by atoms with van der Waals surface area (Å²) >= 11 is 0. The first-order chi connectivity index (χ1) is 4.86. The van der Waals surface area contributed by atoms with Gasteiger partial charge in [-0.1, -0.05) is 11.6 Å². The van der Waals surface area contributed by atoms with Crippen LogP contribution in [0.4, 0.5) is 0 Å². The van der Waals surface area contributed by atoms with E-state index in [0.29, 0.717) is 19.0 Å². The molecule has 0 aromatic carbocycles. The Bertz CT molecular complexity index is 163. The molecule has 56 valence electrons. The summed E-state index contributed by atoms with van der Waals surface area (Å²) in [6, 6.07) is 0. The van der Waals surface area contributed by atoms with Crippen molar-refractivity contribution in [3.05, 3.63) is 11.6 Å². The van der Waals surface area contributed by atoms with E-state index in [4.69, 9.17) is 9.47 Å². The fourth-order valence-electron chi connectivity index (χ4n) is 1.56. The highest BCUT2D eigenvalue weighted by molar-refractivity contribution is 5.07. The van der Waals surface area contributed by atoms with Crippen molar-refractivity contribution < 1.29 is 9.47 Å². The van der Waals surface area contributed by atoms with Crippen molar-refractivity contribution in [1.29, 1.82) is 0 Å². The molecule has 10 heavy (non-hydrogen) atoms. The Kier molecular flexibility index (Phi) is 1.51. The summed E-state index contributed by atoms with van der Waals surface area (Å²) in [5.74, 6) is 0. The maximum absolute atomic E-state index is 5.36. The van der Waals surface area contributed by atoms with Gasteiger partial charge in [-0.2, -0.15) is 0 Å². The predicted octanol–water partition coefficient (Wildman–Crippen LogP) is 1.47. The van der Waals surface area contributed by atoms with Crippen molar-refractivity contribution in [2.45, 2.75) is 32.0 Å². The average molecular weight is 140 g/mol. The smallest absolute Gasteiger partial charge is 0.147 e. The third kappa shape index (κ3) is 0.976. The van der Waals surface area contributed by atoms with Crippen LogP contribution < -0.4 is 0 Å². The first-order valence-electron chi connectivity index (χ1n) is 3.75. The third-order valence-electron chi connectivity index (χ3n) is 2.20. The Balaban J connectivity index is 2.08. The van der Waals surface area contributed by atoms with Gasteiger partial charge >= 0.3 is 0 Å². The molecule has 0 spiro atoms. The number of fused-ring (bicyclic) bond motifs is 1. The summed E-state index contributed by atoms with van der Waals surface area (Å²) in [4.78, 5) is 0. The molecular weight excluding hydrogens is 128 g/mol. The van der Waals surface area contributed by atoms with Gasteiger partial charge in [-0.15, -0.1) is 0 Å². The summed E-state index contributed by atoms with van der Waals surface area (Å²) in [5.41, 5.74) is 1.44. The van der Waals surface area contributed by atoms with Gasteiger partial charge in [-0.25, -0.2) is 0 Å². The Labute approximate surface area is 60.8 Å². The van der Waals surface area contributed by atoms with Gasteiger partial charge in [0.2, 0.25) is 0 Å². The minimum atomic E-state index is 0.351. The van der Waals surface area contributed by atoms with E-state index >= 15 is 0 Å². The summed E-state index contributed by atoms with van der Waals surface area (Å²) < 4.78 is 10.7. The monoisotopic (exact) mass is 140 g/mol. The molecule has 1 fully saturated rings. The molecule has 1 aliphatic heterocycles. The van der Waals surface area contributed by atoms with Crippen molar-refractivity contribution in [3.63, 3.8) is 0 Å². The largest absolute Gasteiger partial charge is 0.349 e. The van der Waals surface area contributed by atoms with Crippen LogP contribution in [-0.2, 0) is 9.47 Å². The molecule has 0 saturated carbocycles. The van der Waals surface area contributed by atoms with Gasteiger partial charge < -0.3 is 9.47 Å². The van der Waals surface area contributed by atoms with Crippen LogP contribution in [0.25, 0.3) is 0 Å².